The molecule has 0 rings (SSSR count). The summed E-state index contributed by atoms with van der Waals surface area (Å²) in [4.78, 5) is 0. The number of unbranched alkanes of at least 4 members (excludes halogenated alkanes) is 2. The molecule has 3 unspecified atom stereocenters. The minimum absolute atomic E-state index is 0.247. The van der Waals surface area contributed by atoms with E-state index < -0.39 is 0 Å². The standard InChI is InChI=1S/C15H33NO/c1-5-7-8-9-14(4)15(13(3)6-2)12-16-10-11-17/h13-17H,5-12H2,1-4H3. The van der Waals surface area contributed by atoms with Gasteiger partial charge in [0.2, 0.25) is 0 Å². The lowest BCUT2D eigenvalue weighted by Crippen LogP contribution is -2.33. The van der Waals surface area contributed by atoms with Crippen molar-refractivity contribution in [3.8, 4) is 0 Å². The van der Waals surface area contributed by atoms with Gasteiger partial charge in [-0.15, -0.1) is 0 Å². The second-order valence-electron chi connectivity index (χ2n) is 5.45. The van der Waals surface area contributed by atoms with Crippen LogP contribution in [0.2, 0.25) is 0 Å². The van der Waals surface area contributed by atoms with Crippen LogP contribution in [0.15, 0.2) is 0 Å². The first-order valence-electron chi connectivity index (χ1n) is 7.48. The van der Waals surface area contributed by atoms with E-state index in [1.165, 1.54) is 32.1 Å². The maximum absolute atomic E-state index is 8.82. The van der Waals surface area contributed by atoms with E-state index in [-0.39, 0.29) is 6.61 Å². The molecule has 0 heterocycles. The monoisotopic (exact) mass is 243 g/mol. The van der Waals surface area contributed by atoms with Crippen LogP contribution in [0.5, 0.6) is 0 Å². The fourth-order valence-electron chi connectivity index (χ4n) is 2.54. The Kier molecular flexibility index (Phi) is 11.0. The lowest BCUT2D eigenvalue weighted by molar-refractivity contribution is 0.216. The molecule has 0 radical (unpaired) electrons. The van der Waals surface area contributed by atoms with Crippen LogP contribution in [0.1, 0.15) is 59.8 Å². The molecule has 3 atom stereocenters. The van der Waals surface area contributed by atoms with E-state index >= 15 is 0 Å². The zero-order valence-electron chi connectivity index (χ0n) is 12.3. The zero-order chi connectivity index (χ0) is 13.1. The molecule has 0 aromatic rings. The number of aliphatic hydroxyl groups is 1. The van der Waals surface area contributed by atoms with Crippen LogP contribution in [-0.2, 0) is 0 Å². The van der Waals surface area contributed by atoms with Crippen molar-refractivity contribution in [2.24, 2.45) is 17.8 Å². The fourth-order valence-corrected chi connectivity index (χ4v) is 2.54. The van der Waals surface area contributed by atoms with Crippen LogP contribution in [0.25, 0.3) is 0 Å². The average Bonchev–Trinajstić information content (AvgIpc) is 2.34. The van der Waals surface area contributed by atoms with Crippen molar-refractivity contribution in [1.82, 2.24) is 5.32 Å². The van der Waals surface area contributed by atoms with Gasteiger partial charge in [0.25, 0.3) is 0 Å². The Hall–Kier alpha value is -0.0800. The molecule has 0 spiro atoms. The molecular weight excluding hydrogens is 210 g/mol. The summed E-state index contributed by atoms with van der Waals surface area (Å²) in [7, 11) is 0. The molecule has 0 aromatic heterocycles. The molecule has 0 fully saturated rings. The maximum Gasteiger partial charge on any atom is 0.0555 e. The van der Waals surface area contributed by atoms with E-state index in [4.69, 9.17) is 5.11 Å². The zero-order valence-corrected chi connectivity index (χ0v) is 12.3. The Morgan fingerprint density at radius 1 is 1.06 bits per heavy atom. The Morgan fingerprint density at radius 2 is 1.76 bits per heavy atom. The van der Waals surface area contributed by atoms with Gasteiger partial charge in [-0.2, -0.15) is 0 Å². The predicted octanol–water partition coefficient (Wildman–Crippen LogP) is 3.45. The molecule has 0 saturated carbocycles. The molecule has 104 valence electrons. The lowest BCUT2D eigenvalue weighted by atomic mass is 9.79. The second kappa shape index (κ2) is 11.0. The van der Waals surface area contributed by atoms with Gasteiger partial charge in [0.1, 0.15) is 0 Å². The average molecular weight is 243 g/mol. The van der Waals surface area contributed by atoms with Crippen LogP contribution < -0.4 is 5.32 Å². The predicted molar refractivity (Wildman–Crippen MR) is 76.2 cm³/mol. The van der Waals surface area contributed by atoms with E-state index in [1.54, 1.807) is 0 Å². The maximum atomic E-state index is 8.82. The molecule has 0 aliphatic heterocycles. The Bertz CT molecular complexity index is 161. The molecule has 0 aliphatic carbocycles. The summed E-state index contributed by atoms with van der Waals surface area (Å²) in [6.07, 6.45) is 6.64. The number of hydrogen-bond donors (Lipinski definition) is 2. The van der Waals surface area contributed by atoms with Gasteiger partial charge in [-0.05, 0) is 24.3 Å². The Balaban J connectivity index is 4.05. The third-order valence-corrected chi connectivity index (χ3v) is 4.04. The topological polar surface area (TPSA) is 32.3 Å². The summed E-state index contributed by atoms with van der Waals surface area (Å²) in [6.45, 7) is 11.3. The first kappa shape index (κ1) is 16.9. The van der Waals surface area contributed by atoms with E-state index in [1.807, 2.05) is 0 Å². The van der Waals surface area contributed by atoms with Gasteiger partial charge >= 0.3 is 0 Å². The van der Waals surface area contributed by atoms with Gasteiger partial charge in [-0.1, -0.05) is 59.8 Å². The highest BCUT2D eigenvalue weighted by molar-refractivity contribution is 4.74. The summed E-state index contributed by atoms with van der Waals surface area (Å²) >= 11 is 0. The van der Waals surface area contributed by atoms with E-state index in [0.29, 0.717) is 0 Å². The number of aliphatic hydroxyl groups excluding tert-OH is 1. The van der Waals surface area contributed by atoms with Crippen molar-refractivity contribution >= 4 is 0 Å². The Morgan fingerprint density at radius 3 is 2.29 bits per heavy atom. The summed E-state index contributed by atoms with van der Waals surface area (Å²) in [5, 5.41) is 12.2. The van der Waals surface area contributed by atoms with Crippen LogP contribution in [0.3, 0.4) is 0 Å². The van der Waals surface area contributed by atoms with Gasteiger partial charge in [-0.25, -0.2) is 0 Å². The molecule has 2 N–H and O–H groups in total. The largest absolute Gasteiger partial charge is 0.395 e. The van der Waals surface area contributed by atoms with Gasteiger partial charge in [-0.3, -0.25) is 0 Å². The summed E-state index contributed by atoms with van der Waals surface area (Å²) in [6, 6.07) is 0. The van der Waals surface area contributed by atoms with Crippen molar-refractivity contribution in [1.29, 1.82) is 0 Å². The summed E-state index contributed by atoms with van der Waals surface area (Å²) in [5.74, 6) is 2.32. The van der Waals surface area contributed by atoms with Crippen molar-refractivity contribution < 1.29 is 5.11 Å². The molecular formula is C15H33NO. The number of nitrogens with one attached hydrogen (secondary N) is 1. The third kappa shape index (κ3) is 7.77. The van der Waals surface area contributed by atoms with E-state index in [2.05, 4.69) is 33.0 Å². The minimum atomic E-state index is 0.247. The van der Waals surface area contributed by atoms with Crippen LogP contribution >= 0.6 is 0 Å². The molecule has 2 nitrogen and oxygen atoms in total. The van der Waals surface area contributed by atoms with E-state index in [0.717, 1.165) is 30.8 Å². The lowest BCUT2D eigenvalue weighted by Gasteiger charge is -2.29. The number of hydrogen-bond acceptors (Lipinski definition) is 2. The molecule has 0 aromatic carbocycles. The first-order valence-corrected chi connectivity index (χ1v) is 7.48. The Labute approximate surface area is 108 Å². The SMILES string of the molecule is CCCCCC(C)C(CNCCO)C(C)CC. The summed E-state index contributed by atoms with van der Waals surface area (Å²) < 4.78 is 0. The van der Waals surface area contributed by atoms with Crippen LogP contribution in [0, 0.1) is 17.8 Å². The fraction of sp³-hybridized carbons (Fsp3) is 1.00. The smallest absolute Gasteiger partial charge is 0.0555 e. The van der Waals surface area contributed by atoms with Crippen molar-refractivity contribution in [3.05, 3.63) is 0 Å². The van der Waals surface area contributed by atoms with Gasteiger partial charge in [0, 0.05) is 6.54 Å². The minimum Gasteiger partial charge on any atom is -0.395 e. The highest BCUT2D eigenvalue weighted by Crippen LogP contribution is 2.27. The van der Waals surface area contributed by atoms with Crippen molar-refractivity contribution in [2.45, 2.75) is 59.8 Å². The molecule has 0 aliphatic rings. The van der Waals surface area contributed by atoms with Gasteiger partial charge in [0.05, 0.1) is 6.61 Å². The van der Waals surface area contributed by atoms with E-state index in [9.17, 15) is 0 Å². The third-order valence-electron chi connectivity index (χ3n) is 4.04. The van der Waals surface area contributed by atoms with Crippen molar-refractivity contribution in [3.63, 3.8) is 0 Å². The van der Waals surface area contributed by atoms with Crippen molar-refractivity contribution in [2.75, 3.05) is 19.7 Å². The quantitative estimate of drug-likeness (QED) is 0.545. The molecule has 0 saturated heterocycles. The van der Waals surface area contributed by atoms with Crippen LogP contribution in [-0.4, -0.2) is 24.8 Å². The van der Waals surface area contributed by atoms with Gasteiger partial charge in [0.15, 0.2) is 0 Å². The summed E-state index contributed by atoms with van der Waals surface area (Å²) in [5.41, 5.74) is 0. The molecule has 0 amide bonds. The molecule has 2 heteroatoms. The second-order valence-corrected chi connectivity index (χ2v) is 5.45. The highest BCUT2D eigenvalue weighted by Gasteiger charge is 2.21. The van der Waals surface area contributed by atoms with Gasteiger partial charge < -0.3 is 10.4 Å². The first-order chi connectivity index (χ1) is 8.17. The normalized spacial score (nSPS) is 16.8. The molecule has 17 heavy (non-hydrogen) atoms. The highest BCUT2D eigenvalue weighted by atomic mass is 16.3. The van der Waals surface area contributed by atoms with Crippen LogP contribution in [0.4, 0.5) is 0 Å². The number of rotatable bonds is 11. The molecule has 0 bridgehead atoms.